The molecule has 3 aliphatic rings. The molecule has 0 N–H and O–H groups in total. The topological polar surface area (TPSA) is 17.1 Å². The second-order valence-corrected chi connectivity index (χ2v) is 6.43. The third-order valence-electron chi connectivity index (χ3n) is 5.57. The third kappa shape index (κ3) is 1.39. The number of carbonyl (C=O) groups is 1. The van der Waals surface area contributed by atoms with Gasteiger partial charge in [0.2, 0.25) is 0 Å². The second-order valence-electron chi connectivity index (χ2n) is 6.43. The van der Waals surface area contributed by atoms with Crippen LogP contribution in [0.4, 0.5) is 0 Å². The number of Topliss-reactive ketones (excluding diaryl/α,β-unsaturated/α-hetero) is 1. The van der Waals surface area contributed by atoms with Gasteiger partial charge in [0.1, 0.15) is 5.78 Å². The Balaban J connectivity index is 1.93. The smallest absolute Gasteiger partial charge is 0.144 e. The average Bonchev–Trinajstić information content (AvgIpc) is 3.04. The Kier molecular flexibility index (Phi) is 2.30. The summed E-state index contributed by atoms with van der Waals surface area (Å²) in [6, 6.07) is 6.85. The summed E-state index contributed by atoms with van der Waals surface area (Å²) >= 11 is 0. The average molecular weight is 252 g/mol. The fourth-order valence-corrected chi connectivity index (χ4v) is 4.58. The van der Waals surface area contributed by atoms with E-state index in [-0.39, 0.29) is 5.41 Å². The summed E-state index contributed by atoms with van der Waals surface area (Å²) in [7, 11) is 0. The first-order valence-electron chi connectivity index (χ1n) is 7.58. The number of allylic oxidation sites excluding steroid dienone is 2. The summed E-state index contributed by atoms with van der Waals surface area (Å²) in [5.74, 6) is 1.62. The summed E-state index contributed by atoms with van der Waals surface area (Å²) < 4.78 is 0. The van der Waals surface area contributed by atoms with E-state index in [2.05, 4.69) is 37.3 Å². The van der Waals surface area contributed by atoms with Crippen LogP contribution < -0.4 is 0 Å². The van der Waals surface area contributed by atoms with Crippen LogP contribution in [0.15, 0.2) is 30.4 Å². The van der Waals surface area contributed by atoms with Gasteiger partial charge in [0.15, 0.2) is 0 Å². The van der Waals surface area contributed by atoms with Crippen molar-refractivity contribution >= 4 is 5.78 Å². The van der Waals surface area contributed by atoms with Crippen molar-refractivity contribution in [3.05, 3.63) is 47.0 Å². The lowest BCUT2D eigenvalue weighted by atomic mass is 9.62. The predicted octanol–water partition coefficient (Wildman–Crippen LogP) is 3.60. The van der Waals surface area contributed by atoms with Gasteiger partial charge in [-0.1, -0.05) is 37.3 Å². The van der Waals surface area contributed by atoms with E-state index in [1.165, 1.54) is 23.1 Å². The zero-order valence-corrected chi connectivity index (χ0v) is 11.5. The molecule has 1 fully saturated rings. The van der Waals surface area contributed by atoms with E-state index in [1.54, 1.807) is 0 Å². The van der Waals surface area contributed by atoms with Gasteiger partial charge in [-0.25, -0.2) is 0 Å². The predicted molar refractivity (Wildman–Crippen MR) is 76.2 cm³/mol. The van der Waals surface area contributed by atoms with E-state index in [1.807, 2.05) is 0 Å². The molecule has 1 saturated carbocycles. The van der Waals surface area contributed by atoms with Gasteiger partial charge in [-0.3, -0.25) is 4.79 Å². The quantitative estimate of drug-likeness (QED) is 0.698. The summed E-state index contributed by atoms with van der Waals surface area (Å²) in [5.41, 5.74) is 4.02. The Morgan fingerprint density at radius 3 is 2.84 bits per heavy atom. The monoisotopic (exact) mass is 252 g/mol. The maximum absolute atomic E-state index is 12.7. The number of ketones is 1. The van der Waals surface area contributed by atoms with Crippen LogP contribution in [0.2, 0.25) is 0 Å². The number of fused-ring (bicyclic) bond motifs is 5. The molecular formula is C18H20O. The highest BCUT2D eigenvalue weighted by atomic mass is 16.1. The Morgan fingerprint density at radius 1 is 1.26 bits per heavy atom. The number of rotatable bonds is 1. The van der Waals surface area contributed by atoms with E-state index in [0.29, 0.717) is 17.6 Å². The number of aryl methyl sites for hydroxylation is 2. The molecule has 1 aromatic rings. The zero-order chi connectivity index (χ0) is 13.0. The van der Waals surface area contributed by atoms with Gasteiger partial charge in [0, 0.05) is 6.42 Å². The first-order valence-corrected chi connectivity index (χ1v) is 7.58. The summed E-state index contributed by atoms with van der Waals surface area (Å²) in [5, 5.41) is 0. The molecule has 0 saturated heterocycles. The molecular weight excluding hydrogens is 232 g/mol. The molecule has 3 aliphatic carbocycles. The molecule has 2 bridgehead atoms. The van der Waals surface area contributed by atoms with Gasteiger partial charge in [0.05, 0.1) is 5.41 Å². The number of carbonyl (C=O) groups excluding carboxylic acids is 1. The van der Waals surface area contributed by atoms with Gasteiger partial charge in [-0.05, 0) is 54.2 Å². The van der Waals surface area contributed by atoms with Crippen molar-refractivity contribution in [1.29, 1.82) is 0 Å². The molecule has 1 aromatic carbocycles. The third-order valence-corrected chi connectivity index (χ3v) is 5.57. The number of benzene rings is 1. The maximum Gasteiger partial charge on any atom is 0.144 e. The van der Waals surface area contributed by atoms with E-state index in [4.69, 9.17) is 0 Å². The molecule has 0 aliphatic heterocycles. The molecule has 4 rings (SSSR count). The van der Waals surface area contributed by atoms with Gasteiger partial charge < -0.3 is 0 Å². The molecule has 0 amide bonds. The van der Waals surface area contributed by atoms with Crippen LogP contribution in [0.1, 0.15) is 42.9 Å². The molecule has 98 valence electrons. The standard InChI is InChI=1S/C18H20O/c1-2-12-3-5-14-6-8-17(19)18(16(14)10-12)11-13-4-7-15(18)9-13/h3-5,7,10,13,15H,2,6,8-9,11H2,1H3. The van der Waals surface area contributed by atoms with E-state index >= 15 is 0 Å². The van der Waals surface area contributed by atoms with Crippen LogP contribution in [0.3, 0.4) is 0 Å². The summed E-state index contributed by atoms with van der Waals surface area (Å²) in [4.78, 5) is 12.7. The molecule has 19 heavy (non-hydrogen) atoms. The van der Waals surface area contributed by atoms with Crippen LogP contribution >= 0.6 is 0 Å². The zero-order valence-electron chi connectivity index (χ0n) is 11.5. The normalized spacial score (nSPS) is 35.1. The van der Waals surface area contributed by atoms with Gasteiger partial charge in [-0.15, -0.1) is 0 Å². The molecule has 0 heterocycles. The minimum absolute atomic E-state index is 0.155. The Bertz CT molecular complexity index is 583. The molecule has 0 aromatic heterocycles. The van der Waals surface area contributed by atoms with E-state index in [0.717, 1.165) is 25.7 Å². The van der Waals surface area contributed by atoms with Gasteiger partial charge >= 0.3 is 0 Å². The fourth-order valence-electron chi connectivity index (χ4n) is 4.58. The molecule has 1 spiro atoms. The minimum atomic E-state index is -0.155. The molecule has 3 atom stereocenters. The Hall–Kier alpha value is -1.37. The van der Waals surface area contributed by atoms with Gasteiger partial charge in [-0.2, -0.15) is 0 Å². The molecule has 1 nitrogen and oxygen atoms in total. The minimum Gasteiger partial charge on any atom is -0.299 e. The maximum atomic E-state index is 12.7. The van der Waals surface area contributed by atoms with E-state index < -0.39 is 0 Å². The van der Waals surface area contributed by atoms with Crippen LogP contribution in [-0.2, 0) is 23.1 Å². The first-order chi connectivity index (χ1) is 9.24. The highest BCUT2D eigenvalue weighted by Crippen LogP contribution is 2.56. The lowest BCUT2D eigenvalue weighted by Crippen LogP contribution is -2.43. The van der Waals surface area contributed by atoms with Crippen LogP contribution in [0, 0.1) is 11.8 Å². The summed E-state index contributed by atoms with van der Waals surface area (Å²) in [6.45, 7) is 2.19. The lowest BCUT2D eigenvalue weighted by molar-refractivity contribution is -0.126. The number of hydrogen-bond acceptors (Lipinski definition) is 1. The van der Waals surface area contributed by atoms with Crippen LogP contribution in [0.25, 0.3) is 0 Å². The number of hydrogen-bond donors (Lipinski definition) is 0. The van der Waals surface area contributed by atoms with Gasteiger partial charge in [0.25, 0.3) is 0 Å². The van der Waals surface area contributed by atoms with Crippen molar-refractivity contribution in [2.75, 3.05) is 0 Å². The lowest BCUT2D eigenvalue weighted by Gasteiger charge is -2.39. The molecule has 0 radical (unpaired) electrons. The first kappa shape index (κ1) is 11.5. The van der Waals surface area contributed by atoms with Crippen LogP contribution in [0.5, 0.6) is 0 Å². The largest absolute Gasteiger partial charge is 0.299 e. The SMILES string of the molecule is CCc1ccc2c(c1)C1(CC3C=CC1C3)C(=O)CC2. The van der Waals surface area contributed by atoms with Crippen molar-refractivity contribution in [2.24, 2.45) is 11.8 Å². The van der Waals surface area contributed by atoms with E-state index in [9.17, 15) is 4.79 Å². The highest BCUT2D eigenvalue weighted by molar-refractivity contribution is 5.94. The molecule has 1 heteroatoms. The fraction of sp³-hybridized carbons (Fsp3) is 0.500. The Labute approximate surface area is 114 Å². The van der Waals surface area contributed by atoms with Crippen molar-refractivity contribution in [1.82, 2.24) is 0 Å². The van der Waals surface area contributed by atoms with Crippen LogP contribution in [-0.4, -0.2) is 5.78 Å². The summed E-state index contributed by atoms with van der Waals surface area (Å²) in [6.07, 6.45) is 9.66. The van der Waals surface area contributed by atoms with Crippen molar-refractivity contribution < 1.29 is 4.79 Å². The van der Waals surface area contributed by atoms with Crippen molar-refractivity contribution in [3.63, 3.8) is 0 Å². The highest BCUT2D eigenvalue weighted by Gasteiger charge is 2.55. The van der Waals surface area contributed by atoms with Crippen molar-refractivity contribution in [3.8, 4) is 0 Å². The Morgan fingerprint density at radius 2 is 2.16 bits per heavy atom. The molecule has 3 unspecified atom stereocenters. The van der Waals surface area contributed by atoms with Crippen molar-refractivity contribution in [2.45, 2.75) is 44.4 Å². The second kappa shape index (κ2) is 3.82.